The van der Waals surface area contributed by atoms with Crippen LogP contribution >= 0.6 is 0 Å². The van der Waals surface area contributed by atoms with Crippen molar-refractivity contribution < 1.29 is 4.92 Å². The van der Waals surface area contributed by atoms with Gasteiger partial charge in [-0.05, 0) is 59.9 Å². The highest BCUT2D eigenvalue weighted by Crippen LogP contribution is 2.42. The van der Waals surface area contributed by atoms with Crippen LogP contribution in [-0.2, 0) is 12.8 Å². The monoisotopic (exact) mass is 390 g/mol. The smallest absolute Gasteiger partial charge is 0.277 e. The zero-order valence-electron chi connectivity index (χ0n) is 16.2. The summed E-state index contributed by atoms with van der Waals surface area (Å²) in [5, 5.41) is 14.2. The molecule has 0 atom stereocenters. The molecule has 0 spiro atoms. The predicted molar refractivity (Wildman–Crippen MR) is 120 cm³/mol. The van der Waals surface area contributed by atoms with Crippen LogP contribution in [0.1, 0.15) is 11.1 Å². The largest absolute Gasteiger partial charge is 0.309 e. The first kappa shape index (κ1) is 17.0. The number of benzene rings is 4. The summed E-state index contributed by atoms with van der Waals surface area (Å²) in [5.74, 6) is 0. The lowest BCUT2D eigenvalue weighted by atomic mass is 9.88. The Hall–Kier alpha value is -3.92. The average molecular weight is 390 g/mol. The van der Waals surface area contributed by atoms with Crippen LogP contribution < -0.4 is 0 Å². The summed E-state index contributed by atoms with van der Waals surface area (Å²) in [4.78, 5) is 11.4. The molecule has 0 fully saturated rings. The highest BCUT2D eigenvalue weighted by Gasteiger charge is 2.23. The van der Waals surface area contributed by atoms with E-state index in [1.807, 2.05) is 30.3 Å². The number of nitro benzene ring substituents is 1. The van der Waals surface area contributed by atoms with Crippen LogP contribution in [0, 0.1) is 10.1 Å². The lowest BCUT2D eigenvalue weighted by Gasteiger charge is -2.15. The number of rotatable bonds is 3. The minimum Gasteiger partial charge on any atom is -0.309 e. The zero-order valence-corrected chi connectivity index (χ0v) is 16.2. The van der Waals surface area contributed by atoms with E-state index >= 15 is 0 Å². The molecule has 1 heterocycles. The van der Waals surface area contributed by atoms with Crippen molar-refractivity contribution in [1.29, 1.82) is 0 Å². The highest BCUT2D eigenvalue weighted by molar-refractivity contribution is 6.14. The van der Waals surface area contributed by atoms with Gasteiger partial charge in [-0.3, -0.25) is 10.1 Å². The quantitative estimate of drug-likeness (QED) is 0.262. The molecule has 0 unspecified atom stereocenters. The van der Waals surface area contributed by atoms with Crippen LogP contribution in [0.4, 0.5) is 5.69 Å². The van der Waals surface area contributed by atoms with Crippen LogP contribution in [0.15, 0.2) is 84.9 Å². The number of aryl methyl sites for hydroxylation is 2. The molecule has 4 nitrogen and oxygen atoms in total. The summed E-state index contributed by atoms with van der Waals surface area (Å²) in [6.45, 7) is 0. The maximum atomic E-state index is 11.7. The van der Waals surface area contributed by atoms with Gasteiger partial charge in [0.25, 0.3) is 5.69 Å². The summed E-state index contributed by atoms with van der Waals surface area (Å²) in [5.41, 5.74) is 7.73. The molecule has 1 aromatic heterocycles. The van der Waals surface area contributed by atoms with E-state index < -0.39 is 0 Å². The number of hydrogen-bond acceptors (Lipinski definition) is 2. The third-order valence-electron chi connectivity index (χ3n) is 6.15. The number of nitrogens with zero attached hydrogens (tertiary/aromatic N) is 2. The second-order valence-electron chi connectivity index (χ2n) is 7.79. The van der Waals surface area contributed by atoms with Crippen molar-refractivity contribution >= 4 is 27.5 Å². The van der Waals surface area contributed by atoms with Gasteiger partial charge in [-0.15, -0.1) is 0 Å². The third-order valence-corrected chi connectivity index (χ3v) is 6.15. The molecule has 0 saturated heterocycles. The van der Waals surface area contributed by atoms with E-state index in [0.29, 0.717) is 5.56 Å². The lowest BCUT2D eigenvalue weighted by Crippen LogP contribution is -1.99. The fraction of sp³-hybridized carbons (Fsp3) is 0.0769. The van der Waals surface area contributed by atoms with Gasteiger partial charge in [0, 0.05) is 22.5 Å². The zero-order chi connectivity index (χ0) is 20.2. The Morgan fingerprint density at radius 2 is 1.47 bits per heavy atom. The first-order chi connectivity index (χ1) is 14.7. The van der Waals surface area contributed by atoms with E-state index in [2.05, 4.69) is 47.0 Å². The van der Waals surface area contributed by atoms with Crippen molar-refractivity contribution in [2.75, 3.05) is 0 Å². The Morgan fingerprint density at radius 3 is 2.30 bits per heavy atom. The molecule has 0 N–H and O–H groups in total. The van der Waals surface area contributed by atoms with Crippen LogP contribution in [0.3, 0.4) is 0 Å². The molecular formula is C26H18N2O2. The molecule has 0 saturated carbocycles. The molecule has 1 aliphatic carbocycles. The van der Waals surface area contributed by atoms with Gasteiger partial charge in [-0.1, -0.05) is 48.5 Å². The van der Waals surface area contributed by atoms with Gasteiger partial charge in [0.15, 0.2) is 0 Å². The molecule has 5 aromatic rings. The summed E-state index contributed by atoms with van der Waals surface area (Å²) < 4.78 is 2.29. The van der Waals surface area contributed by atoms with E-state index in [4.69, 9.17) is 0 Å². The van der Waals surface area contributed by atoms with Crippen LogP contribution in [0.2, 0.25) is 0 Å². The van der Waals surface area contributed by atoms with Crippen LogP contribution in [0.5, 0.6) is 0 Å². The highest BCUT2D eigenvalue weighted by atomic mass is 16.6. The Labute approximate surface area is 173 Å². The van der Waals surface area contributed by atoms with Gasteiger partial charge < -0.3 is 4.57 Å². The first-order valence-corrected chi connectivity index (χ1v) is 10.1. The van der Waals surface area contributed by atoms with Gasteiger partial charge >= 0.3 is 0 Å². The minimum absolute atomic E-state index is 0.142. The van der Waals surface area contributed by atoms with Gasteiger partial charge in [-0.25, -0.2) is 0 Å². The van der Waals surface area contributed by atoms with Crippen molar-refractivity contribution in [1.82, 2.24) is 4.57 Å². The second-order valence-corrected chi connectivity index (χ2v) is 7.79. The Morgan fingerprint density at radius 1 is 0.733 bits per heavy atom. The molecule has 4 aromatic carbocycles. The average Bonchev–Trinajstić information content (AvgIpc) is 3.13. The van der Waals surface area contributed by atoms with E-state index in [1.54, 1.807) is 12.1 Å². The summed E-state index contributed by atoms with van der Waals surface area (Å²) in [6, 6.07) is 28.1. The van der Waals surface area contributed by atoms with E-state index in [0.717, 1.165) is 29.6 Å². The van der Waals surface area contributed by atoms with Crippen LogP contribution in [0.25, 0.3) is 38.6 Å². The number of aromatic nitrogens is 1. The molecule has 144 valence electrons. The molecule has 0 bridgehead atoms. The SMILES string of the molecule is O=[N+]([O-])c1ccccc1-c1cc2c3c4c(cccc4n(-c4ccccc4)c3c1)CC2. The maximum absolute atomic E-state index is 11.7. The number of hydrogen-bond donors (Lipinski definition) is 0. The molecular weight excluding hydrogens is 372 g/mol. The predicted octanol–water partition coefficient (Wildman–Crippen LogP) is 6.46. The maximum Gasteiger partial charge on any atom is 0.277 e. The van der Waals surface area contributed by atoms with Gasteiger partial charge in [0.05, 0.1) is 21.5 Å². The number of nitro groups is 1. The first-order valence-electron chi connectivity index (χ1n) is 10.1. The van der Waals surface area contributed by atoms with E-state index in [9.17, 15) is 10.1 Å². The minimum atomic E-state index is -0.296. The topological polar surface area (TPSA) is 48.1 Å². The molecule has 0 aliphatic heterocycles. The normalized spacial score (nSPS) is 12.7. The summed E-state index contributed by atoms with van der Waals surface area (Å²) >= 11 is 0. The van der Waals surface area contributed by atoms with Gasteiger partial charge in [0.1, 0.15) is 0 Å². The van der Waals surface area contributed by atoms with E-state index in [-0.39, 0.29) is 10.6 Å². The van der Waals surface area contributed by atoms with Crippen molar-refractivity contribution in [2.45, 2.75) is 12.8 Å². The summed E-state index contributed by atoms with van der Waals surface area (Å²) in [7, 11) is 0. The fourth-order valence-electron chi connectivity index (χ4n) is 4.90. The Bertz CT molecular complexity index is 1470. The summed E-state index contributed by atoms with van der Waals surface area (Å²) in [6.07, 6.45) is 1.93. The van der Waals surface area contributed by atoms with E-state index in [1.165, 1.54) is 27.4 Å². The van der Waals surface area contributed by atoms with Gasteiger partial charge in [0.2, 0.25) is 0 Å². The van der Waals surface area contributed by atoms with Crippen molar-refractivity contribution in [2.24, 2.45) is 0 Å². The van der Waals surface area contributed by atoms with Crippen molar-refractivity contribution in [3.05, 3.63) is 106 Å². The Balaban J connectivity index is 1.77. The number of para-hydroxylation sites is 2. The Kier molecular flexibility index (Phi) is 3.56. The molecule has 0 amide bonds. The van der Waals surface area contributed by atoms with Crippen molar-refractivity contribution in [3.8, 4) is 16.8 Å². The van der Waals surface area contributed by atoms with Crippen LogP contribution in [-0.4, -0.2) is 9.49 Å². The van der Waals surface area contributed by atoms with Crippen molar-refractivity contribution in [3.63, 3.8) is 0 Å². The third kappa shape index (κ3) is 2.34. The second kappa shape index (κ2) is 6.29. The lowest BCUT2D eigenvalue weighted by molar-refractivity contribution is -0.384. The molecule has 0 radical (unpaired) electrons. The standard InChI is InChI=1S/C26H18N2O2/c29-28(30)22-11-5-4-10-21(22)19-15-18-14-13-17-7-6-12-23-25(17)26(18)24(16-19)27(23)20-8-2-1-3-9-20/h1-12,15-16H,13-14H2. The molecule has 30 heavy (non-hydrogen) atoms. The van der Waals surface area contributed by atoms with Gasteiger partial charge in [-0.2, -0.15) is 0 Å². The molecule has 1 aliphatic rings. The fourth-order valence-corrected chi connectivity index (χ4v) is 4.90. The molecule has 4 heteroatoms. The molecule has 6 rings (SSSR count).